The Kier molecular flexibility index (Phi) is 7.15. The molecule has 20 heavy (non-hydrogen) atoms. The molecule has 0 amide bonds. The van der Waals surface area contributed by atoms with Crippen molar-refractivity contribution in [2.45, 2.75) is 70.2 Å². The second kappa shape index (κ2) is 8.36. The van der Waals surface area contributed by atoms with Crippen molar-refractivity contribution in [3.63, 3.8) is 0 Å². The van der Waals surface area contributed by atoms with Crippen LogP contribution in [0.5, 0.6) is 0 Å². The zero-order chi connectivity index (χ0) is 15.1. The Hall–Kier alpha value is -0.950. The molecule has 0 saturated carbocycles. The molecule has 1 aliphatic heterocycles. The first-order valence-electron chi connectivity index (χ1n) is 6.94. The number of rotatable bonds is 7. The molecule has 0 spiro atoms. The molecule has 0 aromatic heterocycles. The number of unbranched alkanes of at least 4 members (excludes halogenated alkanes) is 1. The molecule has 0 unspecified atom stereocenters. The Bertz CT molecular complexity index is 330. The Morgan fingerprint density at radius 2 is 2.20 bits per heavy atom. The number of carbonyl (C=O) groups excluding carboxylic acids is 1. The number of hydrogen-bond donors (Lipinski definition) is 2. The Morgan fingerprint density at radius 1 is 1.50 bits per heavy atom. The Morgan fingerprint density at radius 3 is 2.85 bits per heavy atom. The quantitative estimate of drug-likeness (QED) is 0.494. The van der Waals surface area contributed by atoms with Crippen molar-refractivity contribution in [1.29, 1.82) is 0 Å². The number of aliphatic hydroxyl groups is 2. The molecule has 1 fully saturated rings. The SMILES string of the molecule is C[C@H](CCC/C=C/C(=O)[O-])O[C@@H]1O[C@@H](C)[C@H](O)C[C@H]1O. The summed E-state index contributed by atoms with van der Waals surface area (Å²) in [6, 6.07) is 0. The van der Waals surface area contributed by atoms with Gasteiger partial charge < -0.3 is 29.6 Å². The van der Waals surface area contributed by atoms with Gasteiger partial charge in [-0.3, -0.25) is 0 Å². The summed E-state index contributed by atoms with van der Waals surface area (Å²) in [4.78, 5) is 10.2. The van der Waals surface area contributed by atoms with Crippen molar-refractivity contribution in [3.8, 4) is 0 Å². The van der Waals surface area contributed by atoms with Gasteiger partial charge in [0.25, 0.3) is 0 Å². The highest BCUT2D eigenvalue weighted by Crippen LogP contribution is 2.22. The van der Waals surface area contributed by atoms with Gasteiger partial charge in [0.1, 0.15) is 6.10 Å². The second-order valence-electron chi connectivity index (χ2n) is 5.18. The monoisotopic (exact) mass is 287 g/mol. The summed E-state index contributed by atoms with van der Waals surface area (Å²) in [5, 5.41) is 29.5. The molecule has 6 heteroatoms. The first kappa shape index (κ1) is 17.1. The molecule has 0 aromatic rings. The number of ether oxygens (including phenoxy) is 2. The summed E-state index contributed by atoms with van der Waals surface area (Å²) >= 11 is 0. The average Bonchev–Trinajstić information content (AvgIpc) is 2.35. The van der Waals surface area contributed by atoms with Crippen molar-refractivity contribution in [3.05, 3.63) is 12.2 Å². The lowest BCUT2D eigenvalue weighted by Crippen LogP contribution is -2.48. The molecule has 0 radical (unpaired) electrons. The summed E-state index contributed by atoms with van der Waals surface area (Å²) in [6.07, 6.45) is 2.23. The van der Waals surface area contributed by atoms with Gasteiger partial charge in [0, 0.05) is 6.42 Å². The smallest absolute Gasteiger partial charge is 0.184 e. The zero-order valence-electron chi connectivity index (χ0n) is 11.9. The van der Waals surface area contributed by atoms with Crippen LogP contribution in [0.25, 0.3) is 0 Å². The van der Waals surface area contributed by atoms with Crippen LogP contribution in [0.2, 0.25) is 0 Å². The van der Waals surface area contributed by atoms with Gasteiger partial charge in [0.05, 0.1) is 24.3 Å². The largest absolute Gasteiger partial charge is 0.545 e. The molecule has 0 aliphatic carbocycles. The number of carbonyl (C=O) groups is 1. The van der Waals surface area contributed by atoms with Crippen LogP contribution >= 0.6 is 0 Å². The van der Waals surface area contributed by atoms with Crippen molar-refractivity contribution < 1.29 is 29.6 Å². The molecule has 1 rings (SSSR count). The minimum absolute atomic E-state index is 0.117. The van der Waals surface area contributed by atoms with Gasteiger partial charge in [0.2, 0.25) is 0 Å². The zero-order valence-corrected chi connectivity index (χ0v) is 11.9. The summed E-state index contributed by atoms with van der Waals surface area (Å²) < 4.78 is 11.0. The van der Waals surface area contributed by atoms with E-state index in [1.54, 1.807) is 13.0 Å². The van der Waals surface area contributed by atoms with Crippen LogP contribution in [0.1, 0.15) is 39.5 Å². The highest BCUT2D eigenvalue weighted by Gasteiger charge is 2.35. The summed E-state index contributed by atoms with van der Waals surface area (Å²) in [7, 11) is 0. The highest BCUT2D eigenvalue weighted by atomic mass is 16.7. The van der Waals surface area contributed by atoms with Crippen molar-refractivity contribution in [1.82, 2.24) is 0 Å². The van der Waals surface area contributed by atoms with Crippen LogP contribution < -0.4 is 5.11 Å². The predicted molar refractivity (Wildman–Crippen MR) is 69.5 cm³/mol. The molecule has 2 N–H and O–H groups in total. The maximum Gasteiger partial charge on any atom is 0.184 e. The lowest BCUT2D eigenvalue weighted by Gasteiger charge is -2.36. The fourth-order valence-corrected chi connectivity index (χ4v) is 2.07. The molecule has 116 valence electrons. The molecule has 0 aromatic carbocycles. The van der Waals surface area contributed by atoms with E-state index in [0.29, 0.717) is 6.42 Å². The van der Waals surface area contributed by atoms with E-state index >= 15 is 0 Å². The Balaban J connectivity index is 2.24. The third kappa shape index (κ3) is 6.00. The van der Waals surface area contributed by atoms with Gasteiger partial charge in [-0.15, -0.1) is 0 Å². The summed E-state index contributed by atoms with van der Waals surface area (Å²) in [6.45, 7) is 3.61. The number of aliphatic hydroxyl groups excluding tert-OH is 2. The third-order valence-electron chi connectivity index (χ3n) is 3.29. The fraction of sp³-hybridized carbons (Fsp3) is 0.786. The standard InChI is InChI=1S/C14H24O6/c1-9(6-4-3-5-7-13(17)18)19-14-12(16)8-11(15)10(2)20-14/h5,7,9-12,14-16H,3-4,6,8H2,1-2H3,(H,17,18)/p-1/b7-5+/t9-,10+,11-,12-,14-/m1/s1. The molecular weight excluding hydrogens is 264 g/mol. The fourth-order valence-electron chi connectivity index (χ4n) is 2.07. The van der Waals surface area contributed by atoms with Crippen molar-refractivity contribution in [2.24, 2.45) is 0 Å². The topological polar surface area (TPSA) is 99.1 Å². The van der Waals surface area contributed by atoms with Crippen LogP contribution in [0, 0.1) is 0 Å². The summed E-state index contributed by atoms with van der Waals surface area (Å²) in [5.74, 6) is -1.19. The van der Waals surface area contributed by atoms with Crippen LogP contribution in [0.4, 0.5) is 0 Å². The third-order valence-corrected chi connectivity index (χ3v) is 3.29. The molecule has 0 bridgehead atoms. The van der Waals surface area contributed by atoms with Gasteiger partial charge in [-0.1, -0.05) is 6.08 Å². The maximum absolute atomic E-state index is 10.2. The first-order valence-corrected chi connectivity index (χ1v) is 6.94. The lowest BCUT2D eigenvalue weighted by molar-refractivity contribution is -0.297. The lowest BCUT2D eigenvalue weighted by atomic mass is 10.0. The molecule has 5 atom stereocenters. The molecule has 6 nitrogen and oxygen atoms in total. The van der Waals surface area contributed by atoms with E-state index in [9.17, 15) is 20.1 Å². The Labute approximate surface area is 119 Å². The van der Waals surface area contributed by atoms with Crippen molar-refractivity contribution in [2.75, 3.05) is 0 Å². The number of aliphatic carboxylic acids is 1. The maximum atomic E-state index is 10.2. The molecular formula is C14H23O6-. The molecule has 1 saturated heterocycles. The molecule has 1 heterocycles. The van der Waals surface area contributed by atoms with Crippen LogP contribution in [-0.4, -0.2) is 46.9 Å². The predicted octanol–water partition coefficient (Wildman–Crippen LogP) is -0.275. The van der Waals surface area contributed by atoms with E-state index in [1.165, 1.54) is 0 Å². The first-order chi connectivity index (χ1) is 9.40. The number of carboxylic acid groups (broad SMARTS) is 1. The van der Waals surface area contributed by atoms with E-state index in [-0.39, 0.29) is 18.6 Å². The second-order valence-corrected chi connectivity index (χ2v) is 5.18. The van der Waals surface area contributed by atoms with Gasteiger partial charge >= 0.3 is 0 Å². The van der Waals surface area contributed by atoms with E-state index < -0.39 is 24.5 Å². The van der Waals surface area contributed by atoms with Gasteiger partial charge in [-0.05, 0) is 39.2 Å². The van der Waals surface area contributed by atoms with Gasteiger partial charge in [0.15, 0.2) is 6.29 Å². The summed E-state index contributed by atoms with van der Waals surface area (Å²) in [5.41, 5.74) is 0. The van der Waals surface area contributed by atoms with Crippen LogP contribution in [0.15, 0.2) is 12.2 Å². The van der Waals surface area contributed by atoms with E-state index in [4.69, 9.17) is 9.47 Å². The average molecular weight is 287 g/mol. The van der Waals surface area contributed by atoms with Gasteiger partial charge in [-0.2, -0.15) is 0 Å². The van der Waals surface area contributed by atoms with E-state index in [2.05, 4.69) is 0 Å². The minimum atomic E-state index is -1.19. The van der Waals surface area contributed by atoms with Crippen LogP contribution in [0.3, 0.4) is 0 Å². The minimum Gasteiger partial charge on any atom is -0.545 e. The van der Waals surface area contributed by atoms with Gasteiger partial charge in [-0.25, -0.2) is 0 Å². The highest BCUT2D eigenvalue weighted by molar-refractivity contribution is 5.77. The van der Waals surface area contributed by atoms with Crippen molar-refractivity contribution >= 4 is 5.97 Å². The number of hydrogen-bond acceptors (Lipinski definition) is 6. The normalized spacial score (nSPS) is 32.4. The van der Waals surface area contributed by atoms with E-state index in [1.807, 2.05) is 6.92 Å². The number of allylic oxidation sites excluding steroid dienone is 1. The number of carboxylic acids is 1. The molecule has 1 aliphatic rings. The van der Waals surface area contributed by atoms with Crippen LogP contribution in [-0.2, 0) is 14.3 Å². The van der Waals surface area contributed by atoms with E-state index in [0.717, 1.165) is 18.9 Å².